The Kier molecular flexibility index (Phi) is 5.11. The topological polar surface area (TPSA) is 69.8 Å². The maximum absolute atomic E-state index is 12.0. The minimum absolute atomic E-state index is 0.0565. The van der Waals surface area contributed by atoms with Crippen molar-refractivity contribution in [2.24, 2.45) is 0 Å². The lowest BCUT2D eigenvalue weighted by Crippen LogP contribution is -2.24. The maximum atomic E-state index is 12.0. The molecule has 0 atom stereocenters. The molecule has 0 spiro atoms. The zero-order chi connectivity index (χ0) is 16.8. The third-order valence-electron chi connectivity index (χ3n) is 3.93. The van der Waals surface area contributed by atoms with E-state index in [0.29, 0.717) is 12.1 Å². The number of pyridine rings is 1. The molecule has 5 nitrogen and oxygen atoms in total. The number of hydrogen-bond acceptors (Lipinski definition) is 3. The number of para-hydroxylation sites is 1. The van der Waals surface area contributed by atoms with E-state index < -0.39 is 0 Å². The van der Waals surface area contributed by atoms with Gasteiger partial charge in [-0.05, 0) is 36.6 Å². The van der Waals surface area contributed by atoms with E-state index in [9.17, 15) is 4.79 Å². The normalized spacial score (nSPS) is 10.7. The van der Waals surface area contributed by atoms with Gasteiger partial charge in [-0.2, -0.15) is 0 Å². The molecule has 3 N–H and O–H groups in total. The molecule has 0 saturated carbocycles. The molecule has 24 heavy (non-hydrogen) atoms. The molecule has 0 fully saturated rings. The van der Waals surface area contributed by atoms with Crippen molar-refractivity contribution in [2.75, 3.05) is 18.4 Å². The van der Waals surface area contributed by atoms with E-state index in [1.54, 1.807) is 18.3 Å². The average molecular weight is 322 g/mol. The molecule has 2 aromatic heterocycles. The van der Waals surface area contributed by atoms with Crippen LogP contribution < -0.4 is 10.6 Å². The van der Waals surface area contributed by atoms with Gasteiger partial charge in [-0.15, -0.1) is 0 Å². The molecule has 0 unspecified atom stereocenters. The maximum Gasteiger partial charge on any atom is 0.251 e. The van der Waals surface area contributed by atoms with E-state index in [1.807, 2.05) is 25.3 Å². The Hall–Kier alpha value is -2.82. The number of rotatable bonds is 7. The number of carbonyl (C=O) groups is 1. The van der Waals surface area contributed by atoms with Crippen LogP contribution in [-0.2, 0) is 6.42 Å². The van der Waals surface area contributed by atoms with Crippen LogP contribution in [0.25, 0.3) is 10.9 Å². The quantitative estimate of drug-likeness (QED) is 0.625. The summed E-state index contributed by atoms with van der Waals surface area (Å²) in [5, 5.41) is 7.42. The molecule has 0 aliphatic rings. The van der Waals surface area contributed by atoms with Gasteiger partial charge in [0.1, 0.15) is 5.82 Å². The van der Waals surface area contributed by atoms with Gasteiger partial charge in [0, 0.05) is 41.9 Å². The number of hydrogen-bond donors (Lipinski definition) is 3. The van der Waals surface area contributed by atoms with Crippen LogP contribution in [0.2, 0.25) is 0 Å². The van der Waals surface area contributed by atoms with Crippen LogP contribution in [-0.4, -0.2) is 29.0 Å². The van der Waals surface area contributed by atoms with Crippen molar-refractivity contribution >= 4 is 22.6 Å². The summed E-state index contributed by atoms with van der Waals surface area (Å²) in [7, 11) is 0. The Balaban J connectivity index is 1.59. The van der Waals surface area contributed by atoms with Gasteiger partial charge in [-0.3, -0.25) is 4.79 Å². The second kappa shape index (κ2) is 7.64. The van der Waals surface area contributed by atoms with Gasteiger partial charge in [0.15, 0.2) is 0 Å². The molecule has 124 valence electrons. The Bertz CT molecular complexity index is 825. The predicted octanol–water partition coefficient (Wildman–Crippen LogP) is 3.36. The summed E-state index contributed by atoms with van der Waals surface area (Å²) in [5.74, 6) is 0.665. The predicted molar refractivity (Wildman–Crippen MR) is 97.4 cm³/mol. The third kappa shape index (κ3) is 3.74. The van der Waals surface area contributed by atoms with Crippen molar-refractivity contribution in [3.8, 4) is 0 Å². The van der Waals surface area contributed by atoms with Crippen molar-refractivity contribution in [3.63, 3.8) is 0 Å². The summed E-state index contributed by atoms with van der Waals surface area (Å²) in [5.41, 5.74) is 3.06. The number of nitrogens with zero attached hydrogens (tertiary/aromatic N) is 1. The molecular weight excluding hydrogens is 300 g/mol. The first kappa shape index (κ1) is 16.1. The number of benzene rings is 1. The van der Waals surface area contributed by atoms with Gasteiger partial charge in [0.2, 0.25) is 0 Å². The van der Waals surface area contributed by atoms with Crippen molar-refractivity contribution in [1.82, 2.24) is 15.3 Å². The zero-order valence-electron chi connectivity index (χ0n) is 13.8. The van der Waals surface area contributed by atoms with E-state index in [1.165, 1.54) is 10.9 Å². The van der Waals surface area contributed by atoms with E-state index in [-0.39, 0.29) is 5.91 Å². The molecule has 3 aromatic rings. The van der Waals surface area contributed by atoms with Crippen molar-refractivity contribution in [2.45, 2.75) is 19.8 Å². The summed E-state index contributed by atoms with van der Waals surface area (Å²) in [6.07, 6.45) is 5.52. The highest BCUT2D eigenvalue weighted by molar-refractivity contribution is 5.94. The largest absolute Gasteiger partial charge is 0.370 e. The Labute approximate surface area is 141 Å². The van der Waals surface area contributed by atoms with Gasteiger partial charge >= 0.3 is 0 Å². The Morgan fingerprint density at radius 3 is 2.96 bits per heavy atom. The van der Waals surface area contributed by atoms with Gasteiger partial charge in [-0.25, -0.2) is 4.98 Å². The Morgan fingerprint density at radius 2 is 2.08 bits per heavy atom. The number of anilines is 1. The van der Waals surface area contributed by atoms with Crippen LogP contribution in [0.15, 0.2) is 48.8 Å². The first-order valence-electron chi connectivity index (χ1n) is 8.31. The van der Waals surface area contributed by atoms with E-state index >= 15 is 0 Å². The lowest BCUT2D eigenvalue weighted by atomic mass is 10.1. The molecule has 2 heterocycles. The summed E-state index contributed by atoms with van der Waals surface area (Å²) in [6, 6.07) is 11.8. The van der Waals surface area contributed by atoms with Gasteiger partial charge in [-0.1, -0.05) is 25.1 Å². The highest BCUT2D eigenvalue weighted by Gasteiger charge is 2.06. The third-order valence-corrected chi connectivity index (χ3v) is 3.93. The summed E-state index contributed by atoms with van der Waals surface area (Å²) in [6.45, 7) is 3.48. The number of amides is 1. The van der Waals surface area contributed by atoms with Crippen molar-refractivity contribution in [3.05, 3.63) is 59.9 Å². The van der Waals surface area contributed by atoms with Gasteiger partial charge < -0.3 is 15.6 Å². The standard InChI is InChI=1S/C19H22N4O/c1-2-9-22-19(24)14-7-10-20-18(12-14)21-11-8-15-13-23-17-6-4-3-5-16(15)17/h3-7,10,12-13,23H,2,8-9,11H2,1H3,(H,20,21)(H,22,24). The number of H-pyrrole nitrogens is 1. The zero-order valence-corrected chi connectivity index (χ0v) is 13.8. The van der Waals surface area contributed by atoms with Crippen molar-refractivity contribution < 1.29 is 4.79 Å². The fourth-order valence-corrected chi connectivity index (χ4v) is 2.67. The number of carbonyl (C=O) groups excluding carboxylic acids is 1. The highest BCUT2D eigenvalue weighted by Crippen LogP contribution is 2.18. The fourth-order valence-electron chi connectivity index (χ4n) is 2.67. The molecule has 1 amide bonds. The number of aromatic amines is 1. The van der Waals surface area contributed by atoms with Gasteiger partial charge in [0.25, 0.3) is 5.91 Å². The van der Waals surface area contributed by atoms with Crippen molar-refractivity contribution in [1.29, 1.82) is 0 Å². The number of aromatic nitrogens is 2. The van der Waals surface area contributed by atoms with Gasteiger partial charge in [0.05, 0.1) is 0 Å². The van der Waals surface area contributed by atoms with E-state index in [0.717, 1.165) is 30.7 Å². The number of fused-ring (bicyclic) bond motifs is 1. The minimum Gasteiger partial charge on any atom is -0.370 e. The molecule has 0 saturated heterocycles. The van der Waals surface area contributed by atoms with Crippen LogP contribution in [0.1, 0.15) is 29.3 Å². The van der Waals surface area contributed by atoms with Crippen LogP contribution in [0, 0.1) is 0 Å². The first-order valence-corrected chi connectivity index (χ1v) is 8.31. The molecule has 0 aliphatic carbocycles. The van der Waals surface area contributed by atoms with E-state index in [2.05, 4.69) is 32.7 Å². The monoisotopic (exact) mass is 322 g/mol. The van der Waals surface area contributed by atoms with E-state index in [4.69, 9.17) is 0 Å². The molecule has 0 bridgehead atoms. The molecular formula is C19H22N4O. The second-order valence-corrected chi connectivity index (χ2v) is 5.72. The Morgan fingerprint density at radius 1 is 1.21 bits per heavy atom. The smallest absolute Gasteiger partial charge is 0.251 e. The average Bonchev–Trinajstić information content (AvgIpc) is 3.03. The van der Waals surface area contributed by atoms with Crippen LogP contribution >= 0.6 is 0 Å². The molecule has 3 rings (SSSR count). The first-order chi connectivity index (χ1) is 11.8. The molecule has 0 aliphatic heterocycles. The summed E-state index contributed by atoms with van der Waals surface area (Å²) < 4.78 is 0. The molecule has 5 heteroatoms. The summed E-state index contributed by atoms with van der Waals surface area (Å²) in [4.78, 5) is 19.6. The minimum atomic E-state index is -0.0565. The molecule has 0 radical (unpaired) electrons. The lowest BCUT2D eigenvalue weighted by molar-refractivity contribution is 0.0953. The highest BCUT2D eigenvalue weighted by atomic mass is 16.1. The second-order valence-electron chi connectivity index (χ2n) is 5.72. The SMILES string of the molecule is CCCNC(=O)c1ccnc(NCCc2c[nH]c3ccccc23)c1. The van der Waals surface area contributed by atoms with Crippen LogP contribution in [0.3, 0.4) is 0 Å². The summed E-state index contributed by atoms with van der Waals surface area (Å²) >= 11 is 0. The lowest BCUT2D eigenvalue weighted by Gasteiger charge is -2.08. The number of nitrogens with one attached hydrogen (secondary N) is 3. The molecule has 1 aromatic carbocycles. The van der Waals surface area contributed by atoms with Crippen LogP contribution in [0.4, 0.5) is 5.82 Å². The fraction of sp³-hybridized carbons (Fsp3) is 0.263. The van der Waals surface area contributed by atoms with Crippen LogP contribution in [0.5, 0.6) is 0 Å².